The number of pyridine rings is 1. The normalized spacial score (nSPS) is 16.9. The lowest BCUT2D eigenvalue weighted by atomic mass is 10.2. The van der Waals surface area contributed by atoms with Crippen LogP contribution in [-0.2, 0) is 0 Å². The van der Waals surface area contributed by atoms with E-state index < -0.39 is 0 Å². The molecule has 0 amide bonds. The van der Waals surface area contributed by atoms with Gasteiger partial charge in [0.1, 0.15) is 32.2 Å². The Bertz CT molecular complexity index is 916. The minimum absolute atomic E-state index is 0.0515. The number of rotatable bonds is 3. The highest BCUT2D eigenvalue weighted by Crippen LogP contribution is 2.10. The van der Waals surface area contributed by atoms with Crippen molar-refractivity contribution in [1.29, 1.82) is 0 Å². The van der Waals surface area contributed by atoms with Gasteiger partial charge in [-0.2, -0.15) is 0 Å². The topological polar surface area (TPSA) is 67.6 Å². The fourth-order valence-electron chi connectivity index (χ4n) is 3.55. The summed E-state index contributed by atoms with van der Waals surface area (Å²) in [6, 6.07) is 13.8. The molecule has 3 heterocycles. The summed E-state index contributed by atoms with van der Waals surface area (Å²) >= 11 is 0. The maximum Gasteiger partial charge on any atom is 0.274 e. The Labute approximate surface area is 146 Å². The maximum absolute atomic E-state index is 12.3. The zero-order valence-corrected chi connectivity index (χ0v) is 14.3. The molecule has 25 heavy (non-hydrogen) atoms. The summed E-state index contributed by atoms with van der Waals surface area (Å²) in [7, 11) is 0. The minimum atomic E-state index is -0.0515. The SMILES string of the molecule is C[C@@H](c1nc2ccccc2c(=O)[nH]1)[NH+]1CCN(c2cccc[nH+]2)CC1. The van der Waals surface area contributed by atoms with Crippen LogP contribution in [-0.4, -0.2) is 36.1 Å². The van der Waals surface area contributed by atoms with Gasteiger partial charge >= 0.3 is 0 Å². The third kappa shape index (κ3) is 3.13. The van der Waals surface area contributed by atoms with Crippen molar-refractivity contribution in [2.75, 3.05) is 31.1 Å². The molecule has 2 aromatic heterocycles. The Balaban J connectivity index is 1.51. The molecule has 0 spiro atoms. The van der Waals surface area contributed by atoms with Gasteiger partial charge in [-0.25, -0.2) is 9.97 Å². The fraction of sp³-hybridized carbons (Fsp3) is 0.316. The van der Waals surface area contributed by atoms with Crippen LogP contribution < -0.4 is 20.3 Å². The highest BCUT2D eigenvalue weighted by molar-refractivity contribution is 5.77. The second-order valence-electron chi connectivity index (χ2n) is 6.58. The van der Waals surface area contributed by atoms with E-state index in [9.17, 15) is 4.79 Å². The smallest absolute Gasteiger partial charge is 0.274 e. The summed E-state index contributed by atoms with van der Waals surface area (Å²) in [5, 5.41) is 0.651. The van der Waals surface area contributed by atoms with E-state index in [2.05, 4.69) is 33.9 Å². The molecule has 3 aromatic rings. The lowest BCUT2D eigenvalue weighted by molar-refractivity contribution is -0.931. The molecule has 0 radical (unpaired) electrons. The molecule has 3 N–H and O–H groups in total. The van der Waals surface area contributed by atoms with Gasteiger partial charge in [-0.1, -0.05) is 18.2 Å². The van der Waals surface area contributed by atoms with E-state index in [4.69, 9.17) is 4.98 Å². The fourth-order valence-corrected chi connectivity index (χ4v) is 3.55. The second-order valence-corrected chi connectivity index (χ2v) is 6.58. The van der Waals surface area contributed by atoms with Gasteiger partial charge in [0.25, 0.3) is 11.4 Å². The third-order valence-electron chi connectivity index (χ3n) is 5.09. The molecule has 0 aliphatic carbocycles. The van der Waals surface area contributed by atoms with Crippen LogP contribution in [0.25, 0.3) is 10.9 Å². The maximum atomic E-state index is 12.3. The van der Waals surface area contributed by atoms with Crippen LogP contribution in [0.4, 0.5) is 5.82 Å². The molecule has 1 saturated heterocycles. The first-order chi connectivity index (χ1) is 12.2. The number of nitrogens with zero attached hydrogens (tertiary/aromatic N) is 2. The highest BCUT2D eigenvalue weighted by atomic mass is 16.1. The van der Waals surface area contributed by atoms with Gasteiger partial charge in [0, 0.05) is 6.07 Å². The molecular weight excluding hydrogens is 314 g/mol. The van der Waals surface area contributed by atoms with Gasteiger partial charge in [0.2, 0.25) is 0 Å². The lowest BCUT2D eigenvalue weighted by Crippen LogP contribution is -3.15. The van der Waals surface area contributed by atoms with Gasteiger partial charge in [-0.3, -0.25) is 9.69 Å². The van der Waals surface area contributed by atoms with Gasteiger partial charge in [-0.05, 0) is 25.1 Å². The van der Waals surface area contributed by atoms with E-state index in [1.807, 2.05) is 36.5 Å². The number of quaternary nitrogens is 1. The van der Waals surface area contributed by atoms with Gasteiger partial charge in [-0.15, -0.1) is 0 Å². The summed E-state index contributed by atoms with van der Waals surface area (Å²) < 4.78 is 0. The van der Waals surface area contributed by atoms with Crippen molar-refractivity contribution in [2.45, 2.75) is 13.0 Å². The lowest BCUT2D eigenvalue weighted by Gasteiger charge is -2.31. The van der Waals surface area contributed by atoms with E-state index >= 15 is 0 Å². The van der Waals surface area contributed by atoms with Crippen molar-refractivity contribution in [3.8, 4) is 0 Å². The number of piperazine rings is 1. The van der Waals surface area contributed by atoms with Crippen molar-refractivity contribution in [1.82, 2.24) is 9.97 Å². The molecule has 6 heteroatoms. The Morgan fingerprint density at radius 2 is 1.92 bits per heavy atom. The molecule has 1 atom stereocenters. The Hall–Kier alpha value is -2.73. The van der Waals surface area contributed by atoms with Crippen LogP contribution >= 0.6 is 0 Å². The Morgan fingerprint density at radius 3 is 2.68 bits per heavy atom. The predicted molar refractivity (Wildman–Crippen MR) is 96.7 cm³/mol. The predicted octanol–water partition coefficient (Wildman–Crippen LogP) is 0.203. The number of aromatic nitrogens is 3. The molecule has 0 bridgehead atoms. The highest BCUT2D eigenvalue weighted by Gasteiger charge is 2.30. The number of hydrogen-bond donors (Lipinski definition) is 2. The first-order valence-corrected chi connectivity index (χ1v) is 8.77. The van der Waals surface area contributed by atoms with Crippen LogP contribution in [0.15, 0.2) is 53.5 Å². The van der Waals surface area contributed by atoms with Crippen LogP contribution in [0, 0.1) is 0 Å². The number of benzene rings is 1. The van der Waals surface area contributed by atoms with Crippen LogP contribution in [0.2, 0.25) is 0 Å². The summed E-state index contributed by atoms with van der Waals surface area (Å²) in [6.45, 7) is 6.14. The molecule has 0 saturated carbocycles. The molecule has 6 nitrogen and oxygen atoms in total. The van der Waals surface area contributed by atoms with Crippen molar-refractivity contribution in [2.24, 2.45) is 0 Å². The van der Waals surface area contributed by atoms with Gasteiger partial charge < -0.3 is 9.88 Å². The van der Waals surface area contributed by atoms with Crippen molar-refractivity contribution in [3.05, 3.63) is 64.8 Å². The zero-order chi connectivity index (χ0) is 17.2. The number of para-hydroxylation sites is 1. The number of anilines is 1. The number of H-pyrrole nitrogens is 2. The molecule has 0 unspecified atom stereocenters. The average Bonchev–Trinajstić information content (AvgIpc) is 2.68. The van der Waals surface area contributed by atoms with Crippen LogP contribution in [0.3, 0.4) is 0 Å². The number of aromatic amines is 2. The summed E-state index contributed by atoms with van der Waals surface area (Å²) in [5.41, 5.74) is 0.717. The number of fused-ring (bicyclic) bond motifs is 1. The second kappa shape index (κ2) is 6.64. The summed E-state index contributed by atoms with van der Waals surface area (Å²) in [4.78, 5) is 27.1. The Kier molecular flexibility index (Phi) is 4.19. The van der Waals surface area contributed by atoms with Crippen molar-refractivity contribution in [3.63, 3.8) is 0 Å². The van der Waals surface area contributed by atoms with Crippen LogP contribution in [0.1, 0.15) is 18.8 Å². The molecule has 1 fully saturated rings. The van der Waals surface area contributed by atoms with Gasteiger partial charge in [0.15, 0.2) is 5.82 Å². The van der Waals surface area contributed by atoms with E-state index in [0.29, 0.717) is 5.39 Å². The van der Waals surface area contributed by atoms with Gasteiger partial charge in [0.05, 0.1) is 17.1 Å². The number of nitrogens with one attached hydrogen (secondary N) is 3. The molecule has 1 aromatic carbocycles. The first-order valence-electron chi connectivity index (χ1n) is 8.77. The van der Waals surface area contributed by atoms with Crippen molar-refractivity contribution < 1.29 is 9.88 Å². The van der Waals surface area contributed by atoms with Crippen LogP contribution in [0.5, 0.6) is 0 Å². The molecule has 128 valence electrons. The average molecular weight is 337 g/mol. The quantitative estimate of drug-likeness (QED) is 0.718. The first kappa shape index (κ1) is 15.8. The minimum Gasteiger partial charge on any atom is -0.320 e. The van der Waals surface area contributed by atoms with Crippen molar-refractivity contribution >= 4 is 16.7 Å². The molecular formula is C19H23N5O+2. The third-order valence-corrected chi connectivity index (χ3v) is 5.09. The van der Waals surface area contributed by atoms with E-state index in [0.717, 1.165) is 43.3 Å². The number of hydrogen-bond acceptors (Lipinski definition) is 3. The molecule has 4 rings (SSSR count). The molecule has 1 aliphatic heterocycles. The van der Waals surface area contributed by atoms with E-state index in [-0.39, 0.29) is 11.6 Å². The standard InChI is InChI=1S/C19H21N5O/c1-14(18-21-16-7-3-2-6-15(16)19(25)22-18)23-10-12-24(13-11-23)17-8-4-5-9-20-17/h2-9,14H,10-13H2,1H3,(H,21,22,25)/p+2/t14-/m0/s1. The van der Waals surface area contributed by atoms with E-state index in [1.54, 1.807) is 0 Å². The largest absolute Gasteiger partial charge is 0.320 e. The monoisotopic (exact) mass is 337 g/mol. The zero-order valence-electron chi connectivity index (χ0n) is 14.3. The molecule has 1 aliphatic rings. The Morgan fingerprint density at radius 1 is 1.16 bits per heavy atom. The summed E-state index contributed by atoms with van der Waals surface area (Å²) in [6.07, 6.45) is 1.96. The van der Waals surface area contributed by atoms with E-state index in [1.165, 1.54) is 4.90 Å². The summed E-state index contributed by atoms with van der Waals surface area (Å²) in [5.74, 6) is 1.94.